The smallest absolute Gasteiger partial charge is 0.256 e. The number of likely N-dealkylation sites (tertiary alicyclic amines) is 2. The topological polar surface area (TPSA) is 49.9 Å². The minimum atomic E-state index is -0.502. The van der Waals surface area contributed by atoms with Crippen LogP contribution in [0.1, 0.15) is 28.8 Å². The van der Waals surface area contributed by atoms with E-state index in [4.69, 9.17) is 4.74 Å². The maximum Gasteiger partial charge on any atom is 0.256 e. The SMILES string of the molecule is COc1ccc(CN2CC3(CCN(C(=O)c4ccccc4F)CC3)C2=O)cc1. The highest BCUT2D eigenvalue weighted by atomic mass is 19.1. The molecule has 0 unspecified atom stereocenters. The number of carbonyl (C=O) groups excluding carboxylic acids is 2. The van der Waals surface area contributed by atoms with Gasteiger partial charge in [-0.1, -0.05) is 24.3 Å². The number of benzene rings is 2. The van der Waals surface area contributed by atoms with Crippen LogP contribution in [0.5, 0.6) is 5.75 Å². The maximum atomic E-state index is 13.9. The molecule has 0 bridgehead atoms. The molecule has 6 heteroatoms. The Morgan fingerprint density at radius 2 is 1.79 bits per heavy atom. The van der Waals surface area contributed by atoms with Crippen LogP contribution in [0.2, 0.25) is 0 Å². The van der Waals surface area contributed by atoms with E-state index < -0.39 is 5.82 Å². The van der Waals surface area contributed by atoms with Gasteiger partial charge in [0.05, 0.1) is 18.1 Å². The molecule has 146 valence electrons. The van der Waals surface area contributed by atoms with Crippen molar-refractivity contribution in [1.29, 1.82) is 0 Å². The third-order valence-corrected chi connectivity index (χ3v) is 5.88. The second-order valence-electron chi connectivity index (χ2n) is 7.56. The molecule has 0 atom stereocenters. The van der Waals surface area contributed by atoms with Crippen molar-refractivity contribution >= 4 is 11.8 Å². The van der Waals surface area contributed by atoms with Crippen LogP contribution in [-0.2, 0) is 11.3 Å². The molecule has 2 saturated heterocycles. The van der Waals surface area contributed by atoms with Crippen LogP contribution >= 0.6 is 0 Å². The molecule has 28 heavy (non-hydrogen) atoms. The third-order valence-electron chi connectivity index (χ3n) is 5.88. The van der Waals surface area contributed by atoms with E-state index in [1.807, 2.05) is 29.2 Å². The number of piperidine rings is 1. The highest BCUT2D eigenvalue weighted by Gasteiger charge is 2.53. The Morgan fingerprint density at radius 1 is 1.11 bits per heavy atom. The van der Waals surface area contributed by atoms with Gasteiger partial charge in [0.2, 0.25) is 5.91 Å². The lowest BCUT2D eigenvalue weighted by atomic mass is 9.71. The van der Waals surface area contributed by atoms with Crippen LogP contribution in [-0.4, -0.2) is 48.4 Å². The van der Waals surface area contributed by atoms with Crippen LogP contribution in [0, 0.1) is 11.2 Å². The largest absolute Gasteiger partial charge is 0.497 e. The van der Waals surface area contributed by atoms with Crippen molar-refractivity contribution in [2.75, 3.05) is 26.7 Å². The summed E-state index contributed by atoms with van der Waals surface area (Å²) in [6.07, 6.45) is 1.26. The summed E-state index contributed by atoms with van der Waals surface area (Å²) in [6, 6.07) is 13.7. The van der Waals surface area contributed by atoms with Crippen molar-refractivity contribution in [2.24, 2.45) is 5.41 Å². The number of hydrogen-bond donors (Lipinski definition) is 0. The lowest BCUT2D eigenvalue weighted by Gasteiger charge is -2.52. The lowest BCUT2D eigenvalue weighted by Crippen LogP contribution is -2.64. The van der Waals surface area contributed by atoms with Crippen molar-refractivity contribution < 1.29 is 18.7 Å². The standard InChI is InChI=1S/C22H23FN2O3/c1-28-17-8-6-16(7-9-17)14-25-15-22(21(25)27)10-12-24(13-11-22)20(26)18-4-2-3-5-19(18)23/h2-9H,10-15H2,1H3. The highest BCUT2D eigenvalue weighted by molar-refractivity contribution is 5.95. The van der Waals surface area contributed by atoms with Crippen molar-refractivity contribution in [1.82, 2.24) is 9.80 Å². The molecule has 0 N–H and O–H groups in total. The zero-order valence-corrected chi connectivity index (χ0v) is 15.9. The zero-order chi connectivity index (χ0) is 19.7. The minimum absolute atomic E-state index is 0.0968. The number of β-lactam (4-membered cyclic amide) rings is 1. The molecule has 2 aromatic carbocycles. The molecule has 4 rings (SSSR count). The van der Waals surface area contributed by atoms with E-state index in [0.717, 1.165) is 11.3 Å². The van der Waals surface area contributed by atoms with Crippen molar-refractivity contribution in [2.45, 2.75) is 19.4 Å². The average Bonchev–Trinajstić information content (AvgIpc) is 2.74. The lowest BCUT2D eigenvalue weighted by molar-refractivity contribution is -0.165. The summed E-state index contributed by atoms with van der Waals surface area (Å²) in [6.45, 7) is 2.26. The van der Waals surface area contributed by atoms with Crippen LogP contribution in [0.25, 0.3) is 0 Å². The molecule has 5 nitrogen and oxygen atoms in total. The molecule has 0 aromatic heterocycles. The molecule has 2 amide bonds. The van der Waals surface area contributed by atoms with Crippen LogP contribution in [0.15, 0.2) is 48.5 Å². The van der Waals surface area contributed by atoms with E-state index in [2.05, 4.69) is 0 Å². The maximum absolute atomic E-state index is 13.9. The Bertz CT molecular complexity index is 889. The molecular weight excluding hydrogens is 359 g/mol. The normalized spacial score (nSPS) is 18.1. The van der Waals surface area contributed by atoms with Crippen molar-refractivity contribution in [3.05, 3.63) is 65.5 Å². The van der Waals surface area contributed by atoms with E-state index in [1.54, 1.807) is 24.1 Å². The Morgan fingerprint density at radius 3 is 2.39 bits per heavy atom. The summed E-state index contributed by atoms with van der Waals surface area (Å²) in [4.78, 5) is 28.9. The predicted octanol–water partition coefficient (Wildman–Crippen LogP) is 3.10. The molecule has 0 saturated carbocycles. The second kappa shape index (κ2) is 7.26. The summed E-state index contributed by atoms with van der Waals surface area (Å²) in [5.74, 6) is 0.149. The highest BCUT2D eigenvalue weighted by Crippen LogP contribution is 2.42. The molecule has 2 aromatic rings. The number of hydrogen-bond acceptors (Lipinski definition) is 3. The van der Waals surface area contributed by atoms with Gasteiger partial charge in [0.15, 0.2) is 0 Å². The summed E-state index contributed by atoms with van der Waals surface area (Å²) in [5, 5.41) is 0. The first-order valence-corrected chi connectivity index (χ1v) is 9.48. The fourth-order valence-corrected chi connectivity index (χ4v) is 4.14. The Labute approximate surface area is 163 Å². The fraction of sp³-hybridized carbons (Fsp3) is 0.364. The second-order valence-corrected chi connectivity index (χ2v) is 7.56. The summed E-state index contributed by atoms with van der Waals surface area (Å²) >= 11 is 0. The Kier molecular flexibility index (Phi) is 4.79. The van der Waals surface area contributed by atoms with Crippen molar-refractivity contribution in [3.8, 4) is 5.75 Å². The van der Waals surface area contributed by atoms with Gasteiger partial charge in [-0.25, -0.2) is 4.39 Å². The summed E-state index contributed by atoms with van der Waals surface area (Å²) < 4.78 is 19.0. The number of nitrogens with zero attached hydrogens (tertiary/aromatic N) is 2. The van der Waals surface area contributed by atoms with E-state index >= 15 is 0 Å². The number of rotatable bonds is 4. The molecule has 0 aliphatic carbocycles. The first kappa shape index (κ1) is 18.5. The average molecular weight is 382 g/mol. The van der Waals surface area contributed by atoms with Gasteiger partial charge < -0.3 is 14.5 Å². The number of methoxy groups -OCH3 is 1. The molecule has 2 aliphatic rings. The monoisotopic (exact) mass is 382 g/mol. The number of halogens is 1. The van der Waals surface area contributed by atoms with E-state index in [0.29, 0.717) is 39.0 Å². The Balaban J connectivity index is 1.34. The molecular formula is C22H23FN2O3. The predicted molar refractivity (Wildman–Crippen MR) is 102 cm³/mol. The number of carbonyl (C=O) groups is 2. The number of amides is 2. The quantitative estimate of drug-likeness (QED) is 0.764. The van der Waals surface area contributed by atoms with Gasteiger partial charge in [0, 0.05) is 26.2 Å². The molecule has 2 fully saturated rings. The van der Waals surface area contributed by atoms with Crippen LogP contribution in [0.4, 0.5) is 4.39 Å². The first-order chi connectivity index (χ1) is 13.5. The van der Waals surface area contributed by atoms with E-state index in [1.165, 1.54) is 12.1 Å². The molecule has 2 heterocycles. The van der Waals surface area contributed by atoms with Crippen LogP contribution < -0.4 is 4.74 Å². The third kappa shape index (κ3) is 3.23. The molecule has 1 spiro atoms. The van der Waals surface area contributed by atoms with Gasteiger partial charge in [0.25, 0.3) is 5.91 Å². The van der Waals surface area contributed by atoms with Crippen LogP contribution in [0.3, 0.4) is 0 Å². The first-order valence-electron chi connectivity index (χ1n) is 9.48. The van der Waals surface area contributed by atoms with Gasteiger partial charge in [0.1, 0.15) is 11.6 Å². The van der Waals surface area contributed by atoms with Gasteiger partial charge in [-0.2, -0.15) is 0 Å². The molecule has 2 aliphatic heterocycles. The van der Waals surface area contributed by atoms with Gasteiger partial charge in [-0.05, 0) is 42.7 Å². The number of ether oxygens (including phenoxy) is 1. The van der Waals surface area contributed by atoms with E-state index in [-0.39, 0.29) is 22.8 Å². The summed E-state index contributed by atoms with van der Waals surface area (Å²) in [7, 11) is 1.63. The van der Waals surface area contributed by atoms with E-state index in [9.17, 15) is 14.0 Å². The summed E-state index contributed by atoms with van der Waals surface area (Å²) in [5.41, 5.74) is 0.800. The Hall–Kier alpha value is -2.89. The van der Waals surface area contributed by atoms with Gasteiger partial charge in [-0.3, -0.25) is 9.59 Å². The fourth-order valence-electron chi connectivity index (χ4n) is 4.14. The molecule has 0 radical (unpaired) electrons. The minimum Gasteiger partial charge on any atom is -0.497 e. The van der Waals surface area contributed by atoms with Gasteiger partial charge >= 0.3 is 0 Å². The zero-order valence-electron chi connectivity index (χ0n) is 15.9. The van der Waals surface area contributed by atoms with Crippen molar-refractivity contribution in [3.63, 3.8) is 0 Å². The van der Waals surface area contributed by atoms with Gasteiger partial charge in [-0.15, -0.1) is 0 Å².